The van der Waals surface area contributed by atoms with Crippen LogP contribution in [0, 0.1) is 0 Å². The summed E-state index contributed by atoms with van der Waals surface area (Å²) in [6.07, 6.45) is 0. The Morgan fingerprint density at radius 2 is 2.05 bits per heavy atom. The van der Waals surface area contributed by atoms with E-state index in [9.17, 15) is 4.79 Å². The van der Waals surface area contributed by atoms with Crippen LogP contribution in [-0.4, -0.2) is 43.2 Å². The number of halogens is 1. The molecule has 1 heterocycles. The molecule has 0 aliphatic carbocycles. The molecule has 0 bridgehead atoms. The number of hydrogen-bond donors (Lipinski definition) is 0. The number of rotatable bonds is 5. The van der Waals surface area contributed by atoms with Crippen LogP contribution in [0.25, 0.3) is 10.9 Å². The lowest BCUT2D eigenvalue weighted by Gasteiger charge is -2.12. The van der Waals surface area contributed by atoms with Crippen LogP contribution < -0.4 is 0 Å². The van der Waals surface area contributed by atoms with Crippen molar-refractivity contribution in [2.75, 3.05) is 27.2 Å². The van der Waals surface area contributed by atoms with Crippen LogP contribution in [0.3, 0.4) is 0 Å². The number of carbonyl (C=O) groups excluding carboxylic acids is 1. The van der Waals surface area contributed by atoms with Gasteiger partial charge in [-0.25, -0.2) is 0 Å². The van der Waals surface area contributed by atoms with Crippen molar-refractivity contribution in [3.8, 4) is 0 Å². The van der Waals surface area contributed by atoms with Crippen LogP contribution in [0.1, 0.15) is 6.92 Å². The first kappa shape index (κ1) is 16.5. The van der Waals surface area contributed by atoms with Gasteiger partial charge in [0.2, 0.25) is 0 Å². The molecule has 110 valence electrons. The monoisotopic (exact) mass is 296 g/mol. The molecule has 0 fully saturated rings. The van der Waals surface area contributed by atoms with Gasteiger partial charge in [0.1, 0.15) is 5.15 Å². The van der Waals surface area contributed by atoms with Crippen molar-refractivity contribution in [2.24, 2.45) is 0 Å². The summed E-state index contributed by atoms with van der Waals surface area (Å²) in [6, 6.07) is 10.3. The fraction of sp³-hybridized carbons (Fsp3) is 0.400. The third-order valence-electron chi connectivity index (χ3n) is 2.77. The summed E-state index contributed by atoms with van der Waals surface area (Å²) >= 11 is 6.20. The predicted octanol–water partition coefficient (Wildman–Crippen LogP) is 3.04. The van der Waals surface area contributed by atoms with Gasteiger partial charge in [-0.3, -0.25) is 4.79 Å². The van der Waals surface area contributed by atoms with Gasteiger partial charge >= 0.3 is 0 Å². The Morgan fingerprint density at radius 1 is 1.35 bits per heavy atom. The zero-order chi connectivity index (χ0) is 15.0. The lowest BCUT2D eigenvalue weighted by atomic mass is 10.2. The van der Waals surface area contributed by atoms with Crippen molar-refractivity contribution in [3.63, 3.8) is 0 Å². The van der Waals surface area contributed by atoms with Crippen LogP contribution in [0.2, 0.25) is 5.15 Å². The molecular formula is C15H21ClN2O2. The zero-order valence-electron chi connectivity index (χ0n) is 12.2. The maximum Gasteiger partial charge on any atom is 0.293 e. The predicted molar refractivity (Wildman–Crippen MR) is 83.2 cm³/mol. The third-order valence-corrected chi connectivity index (χ3v) is 3.08. The van der Waals surface area contributed by atoms with E-state index < -0.39 is 0 Å². The fourth-order valence-electron chi connectivity index (χ4n) is 1.77. The van der Waals surface area contributed by atoms with Crippen molar-refractivity contribution in [1.82, 2.24) is 9.47 Å². The number of ether oxygens (including phenoxy) is 1. The summed E-state index contributed by atoms with van der Waals surface area (Å²) in [6.45, 7) is 4.59. The van der Waals surface area contributed by atoms with E-state index in [4.69, 9.17) is 11.6 Å². The minimum Gasteiger partial charge on any atom is -0.468 e. The second-order valence-corrected chi connectivity index (χ2v) is 4.92. The Hall–Kier alpha value is -1.52. The molecule has 0 amide bonds. The molecule has 0 saturated heterocycles. The molecule has 0 spiro atoms. The molecule has 0 radical (unpaired) electrons. The van der Waals surface area contributed by atoms with Crippen LogP contribution in [-0.2, 0) is 16.1 Å². The number of benzene rings is 1. The molecule has 0 N–H and O–H groups in total. The van der Waals surface area contributed by atoms with Gasteiger partial charge in [0.15, 0.2) is 0 Å². The van der Waals surface area contributed by atoms with E-state index in [-0.39, 0.29) is 0 Å². The Morgan fingerprint density at radius 3 is 2.60 bits per heavy atom. The summed E-state index contributed by atoms with van der Waals surface area (Å²) in [5.41, 5.74) is 1.21. The standard InChI is InChI=1S/C12H15ClN2.C3H6O2/c1-14(2)7-8-15-11-6-4-3-5-10(11)9-12(15)13;1-2-5-3-4/h3-6,9H,7-8H2,1-2H3;3H,2H2,1H3. The maximum atomic E-state index is 9.18. The summed E-state index contributed by atoms with van der Waals surface area (Å²) < 4.78 is 6.30. The van der Waals surface area contributed by atoms with Crippen molar-refractivity contribution in [3.05, 3.63) is 35.5 Å². The molecule has 1 aromatic carbocycles. The lowest BCUT2D eigenvalue weighted by molar-refractivity contribution is -0.128. The highest BCUT2D eigenvalue weighted by molar-refractivity contribution is 6.30. The van der Waals surface area contributed by atoms with E-state index in [1.807, 2.05) is 18.2 Å². The fourth-order valence-corrected chi connectivity index (χ4v) is 2.07. The van der Waals surface area contributed by atoms with Crippen molar-refractivity contribution < 1.29 is 9.53 Å². The van der Waals surface area contributed by atoms with E-state index in [1.54, 1.807) is 6.92 Å². The summed E-state index contributed by atoms with van der Waals surface area (Å²) in [5, 5.41) is 2.03. The minimum atomic E-state index is 0.431. The minimum absolute atomic E-state index is 0.431. The highest BCUT2D eigenvalue weighted by Gasteiger charge is 2.05. The molecule has 0 aliphatic rings. The number of fused-ring (bicyclic) bond motifs is 1. The number of nitrogens with zero attached hydrogens (tertiary/aromatic N) is 2. The largest absolute Gasteiger partial charge is 0.468 e. The molecule has 20 heavy (non-hydrogen) atoms. The first-order valence-electron chi connectivity index (χ1n) is 6.53. The Kier molecular flexibility index (Phi) is 7.12. The Labute approximate surface area is 124 Å². The van der Waals surface area contributed by atoms with Crippen LogP contribution in [0.4, 0.5) is 0 Å². The van der Waals surface area contributed by atoms with Crippen molar-refractivity contribution in [2.45, 2.75) is 13.5 Å². The molecule has 0 aliphatic heterocycles. The van der Waals surface area contributed by atoms with Crippen LogP contribution in [0.5, 0.6) is 0 Å². The topological polar surface area (TPSA) is 34.5 Å². The summed E-state index contributed by atoms with van der Waals surface area (Å²) in [4.78, 5) is 11.3. The van der Waals surface area contributed by atoms with Crippen molar-refractivity contribution >= 4 is 29.0 Å². The molecule has 0 unspecified atom stereocenters. The smallest absolute Gasteiger partial charge is 0.293 e. The molecule has 1 aromatic heterocycles. The van der Waals surface area contributed by atoms with Gasteiger partial charge in [0, 0.05) is 24.0 Å². The molecule has 4 nitrogen and oxygen atoms in total. The van der Waals surface area contributed by atoms with E-state index in [0.717, 1.165) is 18.2 Å². The van der Waals surface area contributed by atoms with Gasteiger partial charge in [-0.2, -0.15) is 0 Å². The van der Waals surface area contributed by atoms with Crippen LogP contribution >= 0.6 is 11.6 Å². The molecular weight excluding hydrogens is 276 g/mol. The van der Waals surface area contributed by atoms with E-state index in [1.165, 1.54) is 10.9 Å². The number of hydrogen-bond acceptors (Lipinski definition) is 3. The number of aromatic nitrogens is 1. The first-order chi connectivity index (χ1) is 9.60. The summed E-state index contributed by atoms with van der Waals surface area (Å²) in [5.74, 6) is 0. The summed E-state index contributed by atoms with van der Waals surface area (Å²) in [7, 11) is 4.14. The number of likely N-dealkylation sites (N-methyl/N-ethyl adjacent to an activating group) is 1. The quantitative estimate of drug-likeness (QED) is 0.796. The first-order valence-corrected chi connectivity index (χ1v) is 6.91. The van der Waals surface area contributed by atoms with E-state index in [0.29, 0.717) is 13.1 Å². The maximum absolute atomic E-state index is 9.18. The average Bonchev–Trinajstić information content (AvgIpc) is 2.73. The molecule has 0 saturated carbocycles. The average molecular weight is 297 g/mol. The molecule has 0 atom stereocenters. The second kappa shape index (κ2) is 8.61. The highest BCUT2D eigenvalue weighted by Crippen LogP contribution is 2.23. The molecule has 2 rings (SSSR count). The van der Waals surface area contributed by atoms with Gasteiger partial charge in [-0.1, -0.05) is 29.8 Å². The third kappa shape index (κ3) is 4.87. The van der Waals surface area contributed by atoms with Gasteiger partial charge in [-0.15, -0.1) is 0 Å². The van der Waals surface area contributed by atoms with Gasteiger partial charge in [0.05, 0.1) is 6.61 Å². The van der Waals surface area contributed by atoms with Gasteiger partial charge < -0.3 is 14.2 Å². The molecule has 2 aromatic rings. The molecule has 5 heteroatoms. The SMILES string of the molecule is CCOC=O.CN(C)CCn1c(Cl)cc2ccccc21. The van der Waals surface area contributed by atoms with Gasteiger partial charge in [0.25, 0.3) is 6.47 Å². The zero-order valence-corrected chi connectivity index (χ0v) is 12.9. The van der Waals surface area contributed by atoms with E-state index in [2.05, 4.69) is 40.4 Å². The Bertz CT molecular complexity index is 538. The number of carbonyl (C=O) groups is 1. The normalized spacial score (nSPS) is 10.2. The van der Waals surface area contributed by atoms with Crippen molar-refractivity contribution in [1.29, 1.82) is 0 Å². The number of para-hydroxylation sites is 1. The highest BCUT2D eigenvalue weighted by atomic mass is 35.5. The van der Waals surface area contributed by atoms with Gasteiger partial charge in [-0.05, 0) is 33.2 Å². The lowest BCUT2D eigenvalue weighted by Crippen LogP contribution is -2.18. The Balaban J connectivity index is 0.000000347. The second-order valence-electron chi connectivity index (χ2n) is 4.53. The van der Waals surface area contributed by atoms with Crippen LogP contribution in [0.15, 0.2) is 30.3 Å². The van der Waals surface area contributed by atoms with E-state index >= 15 is 0 Å².